The highest BCUT2D eigenvalue weighted by atomic mass is 16.5. The van der Waals surface area contributed by atoms with Gasteiger partial charge in [0.1, 0.15) is 0 Å². The van der Waals surface area contributed by atoms with E-state index in [9.17, 15) is 5.26 Å². The van der Waals surface area contributed by atoms with Crippen LogP contribution >= 0.6 is 0 Å². The zero-order valence-corrected chi connectivity index (χ0v) is 13.0. The average molecular weight is 288 g/mol. The van der Waals surface area contributed by atoms with Crippen molar-refractivity contribution >= 4 is 0 Å². The van der Waals surface area contributed by atoms with Gasteiger partial charge in [0.25, 0.3) is 0 Å². The van der Waals surface area contributed by atoms with Crippen LogP contribution in [0.4, 0.5) is 0 Å². The van der Waals surface area contributed by atoms with Gasteiger partial charge in [-0.2, -0.15) is 5.26 Å². The zero-order chi connectivity index (χ0) is 15.1. The molecule has 0 N–H and O–H groups in total. The summed E-state index contributed by atoms with van der Waals surface area (Å²) in [5.41, 5.74) is 1.04. The third kappa shape index (κ3) is 4.42. The Hall–Kier alpha value is -1.64. The van der Waals surface area contributed by atoms with Crippen molar-refractivity contribution < 1.29 is 4.74 Å². The number of hydrogen-bond donors (Lipinski definition) is 0. The number of nitriles is 1. The summed E-state index contributed by atoms with van der Waals surface area (Å²) < 4.78 is 5.16. The summed E-state index contributed by atoms with van der Waals surface area (Å²) in [6.45, 7) is 6.87. The SMILES string of the molecule is CCCC(C#N)N1CCN(Cc2cccc(OC)n2)CC1. The van der Waals surface area contributed by atoms with E-state index in [1.165, 1.54) is 0 Å². The van der Waals surface area contributed by atoms with E-state index in [0.717, 1.165) is 51.3 Å². The second-order valence-corrected chi connectivity index (χ2v) is 5.42. The van der Waals surface area contributed by atoms with Gasteiger partial charge in [-0.1, -0.05) is 19.4 Å². The average Bonchev–Trinajstić information content (AvgIpc) is 2.54. The minimum absolute atomic E-state index is 0.0760. The number of ether oxygens (including phenoxy) is 1. The van der Waals surface area contributed by atoms with Gasteiger partial charge in [0.15, 0.2) is 0 Å². The fourth-order valence-electron chi connectivity index (χ4n) is 2.72. The van der Waals surface area contributed by atoms with E-state index in [0.29, 0.717) is 5.88 Å². The lowest BCUT2D eigenvalue weighted by atomic mass is 10.1. The predicted molar refractivity (Wildman–Crippen MR) is 81.9 cm³/mol. The van der Waals surface area contributed by atoms with E-state index >= 15 is 0 Å². The van der Waals surface area contributed by atoms with Gasteiger partial charge >= 0.3 is 0 Å². The van der Waals surface area contributed by atoms with E-state index < -0.39 is 0 Å². The Kier molecular flexibility index (Phi) is 5.97. The summed E-state index contributed by atoms with van der Waals surface area (Å²) in [6.07, 6.45) is 2.03. The number of piperazine rings is 1. The van der Waals surface area contributed by atoms with Crippen molar-refractivity contribution in [3.8, 4) is 11.9 Å². The maximum absolute atomic E-state index is 9.24. The minimum Gasteiger partial charge on any atom is -0.481 e. The first kappa shape index (κ1) is 15.7. The van der Waals surface area contributed by atoms with Crippen molar-refractivity contribution in [3.05, 3.63) is 23.9 Å². The van der Waals surface area contributed by atoms with Crippen LogP contribution in [0.3, 0.4) is 0 Å². The van der Waals surface area contributed by atoms with Gasteiger partial charge in [0, 0.05) is 38.8 Å². The summed E-state index contributed by atoms with van der Waals surface area (Å²) >= 11 is 0. The molecular formula is C16H24N4O. The predicted octanol–water partition coefficient (Wildman–Crippen LogP) is 1.90. The third-order valence-corrected chi connectivity index (χ3v) is 3.93. The van der Waals surface area contributed by atoms with Gasteiger partial charge in [0.05, 0.1) is 24.9 Å². The molecule has 114 valence electrons. The second kappa shape index (κ2) is 7.96. The molecule has 0 spiro atoms. The van der Waals surface area contributed by atoms with E-state index in [1.807, 2.05) is 18.2 Å². The highest BCUT2D eigenvalue weighted by molar-refractivity contribution is 5.15. The molecule has 1 saturated heterocycles. The molecule has 2 rings (SSSR count). The minimum atomic E-state index is 0.0760. The smallest absolute Gasteiger partial charge is 0.213 e. The number of nitrogens with zero attached hydrogens (tertiary/aromatic N) is 4. The Morgan fingerprint density at radius 2 is 2.10 bits per heavy atom. The van der Waals surface area contributed by atoms with Crippen molar-refractivity contribution in [1.29, 1.82) is 5.26 Å². The number of hydrogen-bond acceptors (Lipinski definition) is 5. The maximum Gasteiger partial charge on any atom is 0.213 e. The molecule has 1 fully saturated rings. The van der Waals surface area contributed by atoms with Crippen LogP contribution in [0.15, 0.2) is 18.2 Å². The van der Waals surface area contributed by atoms with E-state index in [-0.39, 0.29) is 6.04 Å². The number of aromatic nitrogens is 1. The molecule has 1 aliphatic rings. The third-order valence-electron chi connectivity index (χ3n) is 3.93. The molecule has 21 heavy (non-hydrogen) atoms. The van der Waals surface area contributed by atoms with Crippen molar-refractivity contribution in [2.24, 2.45) is 0 Å². The van der Waals surface area contributed by atoms with Gasteiger partial charge < -0.3 is 4.74 Å². The van der Waals surface area contributed by atoms with Crippen LogP contribution in [0.2, 0.25) is 0 Å². The Morgan fingerprint density at radius 1 is 1.33 bits per heavy atom. The quantitative estimate of drug-likeness (QED) is 0.800. The number of methoxy groups -OCH3 is 1. The van der Waals surface area contributed by atoms with Crippen molar-refractivity contribution in [2.75, 3.05) is 33.3 Å². The molecule has 1 unspecified atom stereocenters. The molecule has 0 amide bonds. The topological polar surface area (TPSA) is 52.4 Å². The van der Waals surface area contributed by atoms with E-state index in [4.69, 9.17) is 4.74 Å². The van der Waals surface area contributed by atoms with Crippen LogP contribution in [0.5, 0.6) is 5.88 Å². The lowest BCUT2D eigenvalue weighted by molar-refractivity contribution is 0.105. The van der Waals surface area contributed by atoms with Gasteiger partial charge in [-0.3, -0.25) is 9.80 Å². The van der Waals surface area contributed by atoms with Gasteiger partial charge in [-0.15, -0.1) is 0 Å². The molecule has 5 heteroatoms. The van der Waals surface area contributed by atoms with Crippen molar-refractivity contribution in [1.82, 2.24) is 14.8 Å². The van der Waals surface area contributed by atoms with Crippen LogP contribution in [0.25, 0.3) is 0 Å². The van der Waals surface area contributed by atoms with E-state index in [2.05, 4.69) is 27.8 Å². The van der Waals surface area contributed by atoms with Crippen LogP contribution in [0.1, 0.15) is 25.5 Å². The largest absolute Gasteiger partial charge is 0.481 e. The Balaban J connectivity index is 1.85. The van der Waals surface area contributed by atoms with Gasteiger partial charge in [-0.05, 0) is 12.5 Å². The normalized spacial score (nSPS) is 18.1. The number of rotatable bonds is 6. The summed E-state index contributed by atoms with van der Waals surface area (Å²) in [5.74, 6) is 0.665. The molecule has 5 nitrogen and oxygen atoms in total. The van der Waals surface area contributed by atoms with Crippen LogP contribution in [0, 0.1) is 11.3 Å². The lowest BCUT2D eigenvalue weighted by Gasteiger charge is -2.36. The lowest BCUT2D eigenvalue weighted by Crippen LogP contribution is -2.49. The molecule has 1 aromatic rings. The molecule has 0 aliphatic carbocycles. The molecule has 0 bridgehead atoms. The monoisotopic (exact) mass is 288 g/mol. The molecule has 1 aromatic heterocycles. The standard InChI is InChI=1S/C16H24N4O/c1-3-5-15(12-17)20-10-8-19(9-11-20)13-14-6-4-7-16(18-14)21-2/h4,6-7,15H,3,5,8-11,13H2,1-2H3. The molecule has 1 aliphatic heterocycles. The number of pyridine rings is 1. The summed E-state index contributed by atoms with van der Waals surface area (Å²) in [7, 11) is 1.64. The molecule has 0 saturated carbocycles. The second-order valence-electron chi connectivity index (χ2n) is 5.42. The first-order valence-electron chi connectivity index (χ1n) is 7.62. The molecule has 0 radical (unpaired) electrons. The highest BCUT2D eigenvalue weighted by Crippen LogP contribution is 2.13. The Bertz CT molecular complexity index is 477. The molecule has 0 aromatic carbocycles. The van der Waals surface area contributed by atoms with Gasteiger partial charge in [0.2, 0.25) is 5.88 Å². The summed E-state index contributed by atoms with van der Waals surface area (Å²) in [4.78, 5) is 9.15. The molecule has 2 heterocycles. The summed E-state index contributed by atoms with van der Waals surface area (Å²) in [5, 5.41) is 9.24. The molecule has 1 atom stereocenters. The Morgan fingerprint density at radius 3 is 2.71 bits per heavy atom. The first-order valence-corrected chi connectivity index (χ1v) is 7.62. The molecular weight excluding hydrogens is 264 g/mol. The fraction of sp³-hybridized carbons (Fsp3) is 0.625. The first-order chi connectivity index (χ1) is 10.3. The fourth-order valence-corrected chi connectivity index (χ4v) is 2.72. The Labute approximate surface area is 127 Å². The van der Waals surface area contributed by atoms with E-state index in [1.54, 1.807) is 7.11 Å². The van der Waals surface area contributed by atoms with Crippen molar-refractivity contribution in [2.45, 2.75) is 32.4 Å². The van der Waals surface area contributed by atoms with Crippen LogP contribution in [-0.2, 0) is 6.54 Å². The summed E-state index contributed by atoms with van der Waals surface area (Å²) in [6, 6.07) is 8.38. The van der Waals surface area contributed by atoms with Crippen LogP contribution in [-0.4, -0.2) is 54.1 Å². The maximum atomic E-state index is 9.24. The highest BCUT2D eigenvalue weighted by Gasteiger charge is 2.23. The van der Waals surface area contributed by atoms with Crippen LogP contribution < -0.4 is 4.74 Å². The van der Waals surface area contributed by atoms with Crippen molar-refractivity contribution in [3.63, 3.8) is 0 Å². The van der Waals surface area contributed by atoms with Gasteiger partial charge in [-0.25, -0.2) is 4.98 Å². The zero-order valence-electron chi connectivity index (χ0n) is 13.0.